The van der Waals surface area contributed by atoms with E-state index in [4.69, 9.17) is 16.3 Å². The Balaban J connectivity index is 2.50. The Bertz CT molecular complexity index is 536. The van der Waals surface area contributed by atoms with E-state index in [1.54, 1.807) is 18.2 Å². The van der Waals surface area contributed by atoms with Crippen LogP contribution in [0.2, 0.25) is 5.02 Å². The Morgan fingerprint density at radius 2 is 2.29 bits per heavy atom. The normalized spacial score (nSPS) is 21.7. The Hall–Kier alpha value is -1.59. The maximum atomic E-state index is 12.3. The summed E-state index contributed by atoms with van der Waals surface area (Å²) in [6, 6.07) is 4.89. The maximum absolute atomic E-state index is 12.3. The molecule has 1 heterocycles. The molecule has 0 aliphatic carbocycles. The first kappa shape index (κ1) is 15.8. The highest BCUT2D eigenvalue weighted by Gasteiger charge is 2.34. The summed E-state index contributed by atoms with van der Waals surface area (Å²) in [7, 11) is 1.33. The van der Waals surface area contributed by atoms with E-state index >= 15 is 0 Å². The molecule has 0 aromatic heterocycles. The summed E-state index contributed by atoms with van der Waals surface area (Å²) in [5.41, 5.74) is 0.798. The van der Waals surface area contributed by atoms with Crippen LogP contribution in [-0.4, -0.2) is 38.6 Å². The molecule has 5 nitrogen and oxygen atoms in total. The number of benzene rings is 1. The molecule has 21 heavy (non-hydrogen) atoms. The van der Waals surface area contributed by atoms with Gasteiger partial charge in [0.05, 0.1) is 23.9 Å². The first-order chi connectivity index (χ1) is 10.1. The van der Waals surface area contributed by atoms with Crippen molar-refractivity contribution in [2.24, 2.45) is 5.92 Å². The van der Waals surface area contributed by atoms with Crippen molar-refractivity contribution < 1.29 is 14.3 Å². The van der Waals surface area contributed by atoms with E-state index in [1.165, 1.54) is 12.0 Å². The average molecular weight is 311 g/mol. The smallest absolute Gasteiger partial charge is 0.414 e. The number of piperidine rings is 1. The zero-order valence-electron chi connectivity index (χ0n) is 12.1. The van der Waals surface area contributed by atoms with Crippen molar-refractivity contribution in [3.05, 3.63) is 28.8 Å². The van der Waals surface area contributed by atoms with Gasteiger partial charge in [-0.2, -0.15) is 0 Å². The quantitative estimate of drug-likeness (QED) is 0.872. The van der Waals surface area contributed by atoms with Crippen molar-refractivity contribution in [2.75, 3.05) is 25.1 Å². The molecule has 1 aromatic rings. The SMILES string of the molecule is COC(=O)N(c1c(Cl)cccc1C=O)C1CNCCC1C. The third kappa shape index (κ3) is 3.19. The van der Waals surface area contributed by atoms with Gasteiger partial charge in [-0.25, -0.2) is 4.79 Å². The molecule has 1 saturated heterocycles. The summed E-state index contributed by atoms with van der Waals surface area (Å²) in [5.74, 6) is 0.279. The maximum Gasteiger partial charge on any atom is 0.414 e. The second kappa shape index (κ2) is 6.91. The van der Waals surface area contributed by atoms with E-state index in [2.05, 4.69) is 12.2 Å². The second-order valence-electron chi connectivity index (χ2n) is 5.17. The predicted octanol–water partition coefficient (Wildman–Crippen LogP) is 2.72. The van der Waals surface area contributed by atoms with E-state index in [0.717, 1.165) is 13.0 Å². The lowest BCUT2D eigenvalue weighted by Gasteiger charge is -2.38. The average Bonchev–Trinajstić information content (AvgIpc) is 2.50. The number of amides is 1. The van der Waals surface area contributed by atoms with Crippen molar-refractivity contribution in [1.82, 2.24) is 5.32 Å². The van der Waals surface area contributed by atoms with Crippen molar-refractivity contribution in [3.8, 4) is 0 Å². The van der Waals surface area contributed by atoms with E-state index in [0.29, 0.717) is 29.1 Å². The number of ether oxygens (including phenoxy) is 1. The molecule has 0 radical (unpaired) electrons. The van der Waals surface area contributed by atoms with Crippen LogP contribution < -0.4 is 10.2 Å². The zero-order valence-corrected chi connectivity index (χ0v) is 12.9. The lowest BCUT2D eigenvalue weighted by molar-refractivity contribution is 0.112. The third-order valence-corrected chi connectivity index (χ3v) is 4.18. The molecular formula is C15H19ClN2O3. The number of anilines is 1. The number of halogens is 1. The standard InChI is InChI=1S/C15H19ClN2O3/c1-10-6-7-17-8-13(10)18(15(20)21-2)14-11(9-19)4-3-5-12(14)16/h3-5,9-10,13,17H,6-8H2,1-2H3. The zero-order chi connectivity index (χ0) is 15.4. The summed E-state index contributed by atoms with van der Waals surface area (Å²) in [4.78, 5) is 25.1. The largest absolute Gasteiger partial charge is 0.452 e. The molecule has 0 saturated carbocycles. The van der Waals surface area contributed by atoms with Gasteiger partial charge < -0.3 is 10.1 Å². The van der Waals surface area contributed by atoms with Crippen LogP contribution in [-0.2, 0) is 4.74 Å². The van der Waals surface area contributed by atoms with Gasteiger partial charge in [0.15, 0.2) is 6.29 Å². The predicted molar refractivity (Wildman–Crippen MR) is 82.2 cm³/mol. The van der Waals surface area contributed by atoms with Crippen LogP contribution in [0.3, 0.4) is 0 Å². The van der Waals surface area contributed by atoms with Gasteiger partial charge in [-0.1, -0.05) is 24.6 Å². The van der Waals surface area contributed by atoms with Crippen LogP contribution in [0.15, 0.2) is 18.2 Å². The van der Waals surface area contributed by atoms with Crippen molar-refractivity contribution in [2.45, 2.75) is 19.4 Å². The van der Waals surface area contributed by atoms with Crippen LogP contribution in [0, 0.1) is 5.92 Å². The molecule has 114 valence electrons. The van der Waals surface area contributed by atoms with Crippen molar-refractivity contribution in [3.63, 3.8) is 0 Å². The Morgan fingerprint density at radius 3 is 2.90 bits per heavy atom. The molecule has 2 unspecified atom stereocenters. The van der Waals surface area contributed by atoms with Crippen LogP contribution in [0.25, 0.3) is 0 Å². The molecule has 1 aliphatic rings. The van der Waals surface area contributed by atoms with Gasteiger partial charge in [0, 0.05) is 12.1 Å². The van der Waals surface area contributed by atoms with E-state index in [9.17, 15) is 9.59 Å². The first-order valence-electron chi connectivity index (χ1n) is 6.91. The van der Waals surface area contributed by atoms with Gasteiger partial charge in [-0.05, 0) is 31.0 Å². The van der Waals surface area contributed by atoms with Gasteiger partial charge in [0.1, 0.15) is 0 Å². The number of hydrogen-bond donors (Lipinski definition) is 1. The lowest BCUT2D eigenvalue weighted by Crippen LogP contribution is -2.53. The molecule has 1 N–H and O–H groups in total. The lowest BCUT2D eigenvalue weighted by atomic mass is 9.92. The van der Waals surface area contributed by atoms with Gasteiger partial charge in [-0.3, -0.25) is 9.69 Å². The summed E-state index contributed by atoms with van der Waals surface area (Å²) in [6.45, 7) is 3.63. The number of aldehydes is 1. The number of hydrogen-bond acceptors (Lipinski definition) is 4. The minimum absolute atomic E-state index is 0.107. The number of carbonyl (C=O) groups is 2. The molecule has 0 bridgehead atoms. The fraction of sp³-hybridized carbons (Fsp3) is 0.467. The van der Waals surface area contributed by atoms with Crippen LogP contribution >= 0.6 is 11.6 Å². The highest BCUT2D eigenvalue weighted by molar-refractivity contribution is 6.34. The molecule has 1 aliphatic heterocycles. The Kier molecular flexibility index (Phi) is 5.20. The fourth-order valence-electron chi connectivity index (χ4n) is 2.69. The summed E-state index contributed by atoms with van der Waals surface area (Å²) < 4.78 is 4.91. The molecular weight excluding hydrogens is 292 g/mol. The monoisotopic (exact) mass is 310 g/mol. The first-order valence-corrected chi connectivity index (χ1v) is 7.29. The number of nitrogens with zero attached hydrogens (tertiary/aromatic N) is 1. The number of para-hydroxylation sites is 1. The van der Waals surface area contributed by atoms with Crippen LogP contribution in [0.5, 0.6) is 0 Å². The highest BCUT2D eigenvalue weighted by atomic mass is 35.5. The number of methoxy groups -OCH3 is 1. The van der Waals surface area contributed by atoms with E-state index in [1.807, 2.05) is 0 Å². The summed E-state index contributed by atoms with van der Waals surface area (Å²) >= 11 is 6.24. The van der Waals surface area contributed by atoms with Crippen molar-refractivity contribution in [1.29, 1.82) is 0 Å². The number of carbonyl (C=O) groups excluding carboxylic acids is 2. The third-order valence-electron chi connectivity index (χ3n) is 3.88. The molecule has 2 rings (SSSR count). The Labute approximate surface area is 129 Å². The van der Waals surface area contributed by atoms with Gasteiger partial charge >= 0.3 is 6.09 Å². The molecule has 2 atom stereocenters. The number of nitrogens with one attached hydrogen (secondary N) is 1. The van der Waals surface area contributed by atoms with Crippen molar-refractivity contribution >= 4 is 29.7 Å². The second-order valence-corrected chi connectivity index (χ2v) is 5.58. The minimum Gasteiger partial charge on any atom is -0.452 e. The summed E-state index contributed by atoms with van der Waals surface area (Å²) in [5, 5.41) is 3.63. The van der Waals surface area contributed by atoms with E-state index in [-0.39, 0.29) is 12.0 Å². The molecule has 6 heteroatoms. The van der Waals surface area contributed by atoms with Crippen LogP contribution in [0.1, 0.15) is 23.7 Å². The van der Waals surface area contributed by atoms with Crippen LogP contribution in [0.4, 0.5) is 10.5 Å². The van der Waals surface area contributed by atoms with Gasteiger partial charge in [-0.15, -0.1) is 0 Å². The molecule has 1 amide bonds. The Morgan fingerprint density at radius 1 is 1.52 bits per heavy atom. The topological polar surface area (TPSA) is 58.6 Å². The van der Waals surface area contributed by atoms with E-state index < -0.39 is 6.09 Å². The molecule has 1 fully saturated rings. The highest BCUT2D eigenvalue weighted by Crippen LogP contribution is 2.33. The summed E-state index contributed by atoms with van der Waals surface area (Å²) in [6.07, 6.45) is 1.14. The minimum atomic E-state index is -0.508. The molecule has 1 aromatic carbocycles. The van der Waals surface area contributed by atoms with Gasteiger partial charge in [0.25, 0.3) is 0 Å². The van der Waals surface area contributed by atoms with Gasteiger partial charge in [0.2, 0.25) is 0 Å². The number of rotatable bonds is 3. The fourth-order valence-corrected chi connectivity index (χ4v) is 2.96. The molecule has 0 spiro atoms.